The molecule has 2 rings (SSSR count). The summed E-state index contributed by atoms with van der Waals surface area (Å²) in [7, 11) is 4.34. The van der Waals surface area contributed by atoms with Gasteiger partial charge in [-0.1, -0.05) is 19.1 Å². The van der Waals surface area contributed by atoms with Crippen LogP contribution in [0, 0.1) is 0 Å². The molecular formula is C14H22N2. The van der Waals surface area contributed by atoms with Crippen molar-refractivity contribution in [1.29, 1.82) is 0 Å². The smallest absolute Gasteiger partial charge is 0.0391 e. The fourth-order valence-electron chi connectivity index (χ4n) is 2.51. The Morgan fingerprint density at radius 1 is 1.38 bits per heavy atom. The maximum atomic E-state index is 3.57. The molecule has 88 valence electrons. The summed E-state index contributed by atoms with van der Waals surface area (Å²) in [6, 6.07) is 7.95. The molecule has 0 fully saturated rings. The van der Waals surface area contributed by atoms with Crippen LogP contribution < -0.4 is 5.32 Å². The van der Waals surface area contributed by atoms with Gasteiger partial charge in [0.1, 0.15) is 0 Å². The van der Waals surface area contributed by atoms with Crippen molar-refractivity contribution < 1.29 is 0 Å². The maximum Gasteiger partial charge on any atom is 0.0391 e. The number of benzene rings is 1. The average Bonchev–Trinajstić information content (AvgIpc) is 2.27. The van der Waals surface area contributed by atoms with E-state index in [-0.39, 0.29) is 0 Å². The van der Waals surface area contributed by atoms with Crippen LogP contribution in [0.5, 0.6) is 0 Å². The van der Waals surface area contributed by atoms with E-state index in [0.717, 1.165) is 6.42 Å². The molecule has 2 heteroatoms. The minimum Gasteiger partial charge on any atom is -0.382 e. The number of nitrogens with one attached hydrogen (secondary N) is 1. The van der Waals surface area contributed by atoms with Crippen molar-refractivity contribution in [2.45, 2.75) is 38.8 Å². The molecule has 0 saturated carbocycles. The van der Waals surface area contributed by atoms with Gasteiger partial charge in [0, 0.05) is 17.8 Å². The van der Waals surface area contributed by atoms with Gasteiger partial charge in [-0.25, -0.2) is 0 Å². The van der Waals surface area contributed by atoms with Gasteiger partial charge in [0.05, 0.1) is 0 Å². The summed E-state index contributed by atoms with van der Waals surface area (Å²) in [6.45, 7) is 4.47. The Bertz CT molecular complexity index is 371. The van der Waals surface area contributed by atoms with Crippen LogP contribution in [0.3, 0.4) is 0 Å². The monoisotopic (exact) mass is 218 g/mol. The summed E-state index contributed by atoms with van der Waals surface area (Å²) in [4.78, 5) is 2.33. The van der Waals surface area contributed by atoms with Crippen LogP contribution in [0.2, 0.25) is 0 Å². The lowest BCUT2D eigenvalue weighted by Crippen LogP contribution is -2.32. The van der Waals surface area contributed by atoms with E-state index < -0.39 is 0 Å². The zero-order valence-corrected chi connectivity index (χ0v) is 10.7. The van der Waals surface area contributed by atoms with Gasteiger partial charge in [-0.2, -0.15) is 0 Å². The minimum absolute atomic E-state index is 0.553. The molecule has 1 aromatic carbocycles. The topological polar surface area (TPSA) is 15.3 Å². The number of anilines is 1. The zero-order valence-electron chi connectivity index (χ0n) is 10.7. The van der Waals surface area contributed by atoms with Gasteiger partial charge < -0.3 is 10.2 Å². The van der Waals surface area contributed by atoms with E-state index in [1.165, 1.54) is 23.2 Å². The van der Waals surface area contributed by atoms with Gasteiger partial charge in [-0.05, 0) is 51.1 Å². The van der Waals surface area contributed by atoms with E-state index in [1.54, 1.807) is 0 Å². The number of hydrogen-bond donors (Lipinski definition) is 1. The van der Waals surface area contributed by atoms with Gasteiger partial charge in [0.25, 0.3) is 0 Å². The van der Waals surface area contributed by atoms with Crippen molar-refractivity contribution >= 4 is 5.69 Å². The molecule has 1 heterocycles. The SMILES string of the molecule is CCc1ccc2c(c1)C(N(C)C)CC(C)N2. The second kappa shape index (κ2) is 4.46. The average molecular weight is 218 g/mol. The first-order chi connectivity index (χ1) is 7.61. The third-order valence-corrected chi connectivity index (χ3v) is 3.49. The molecule has 2 unspecified atom stereocenters. The van der Waals surface area contributed by atoms with E-state index in [2.05, 4.69) is 56.4 Å². The standard InChI is InChI=1S/C14H22N2/c1-5-11-6-7-13-12(9-11)14(16(3)4)8-10(2)15-13/h6-7,9-10,14-15H,5,8H2,1-4H3. The molecule has 0 spiro atoms. The first-order valence-corrected chi connectivity index (χ1v) is 6.17. The molecule has 0 saturated heterocycles. The quantitative estimate of drug-likeness (QED) is 0.820. The molecule has 16 heavy (non-hydrogen) atoms. The summed E-state index contributed by atoms with van der Waals surface area (Å²) in [5, 5.41) is 3.57. The summed E-state index contributed by atoms with van der Waals surface area (Å²) in [6.07, 6.45) is 2.30. The predicted octanol–water partition coefficient (Wildman–Crippen LogP) is 3.06. The summed E-state index contributed by atoms with van der Waals surface area (Å²) in [5.74, 6) is 0. The van der Waals surface area contributed by atoms with E-state index in [4.69, 9.17) is 0 Å². The highest BCUT2D eigenvalue weighted by molar-refractivity contribution is 5.56. The maximum absolute atomic E-state index is 3.57. The largest absolute Gasteiger partial charge is 0.382 e. The summed E-state index contributed by atoms with van der Waals surface area (Å²) in [5.41, 5.74) is 4.21. The second-order valence-electron chi connectivity index (χ2n) is 5.04. The molecule has 1 aliphatic rings. The van der Waals surface area contributed by atoms with Crippen LogP contribution in [0.25, 0.3) is 0 Å². The molecular weight excluding hydrogens is 196 g/mol. The van der Waals surface area contributed by atoms with Gasteiger partial charge in [-0.15, -0.1) is 0 Å². The molecule has 1 N–H and O–H groups in total. The van der Waals surface area contributed by atoms with Crippen LogP contribution in [0.1, 0.15) is 37.4 Å². The lowest BCUT2D eigenvalue weighted by Gasteiger charge is -2.35. The van der Waals surface area contributed by atoms with E-state index in [1.807, 2.05) is 0 Å². The van der Waals surface area contributed by atoms with Gasteiger partial charge in [0.15, 0.2) is 0 Å². The molecule has 0 aliphatic carbocycles. The molecule has 0 amide bonds. The number of rotatable bonds is 2. The molecule has 2 nitrogen and oxygen atoms in total. The molecule has 1 aromatic rings. The Kier molecular flexibility index (Phi) is 3.20. The molecule has 2 atom stereocenters. The molecule has 0 bridgehead atoms. The van der Waals surface area contributed by atoms with Crippen molar-refractivity contribution in [2.75, 3.05) is 19.4 Å². The lowest BCUT2D eigenvalue weighted by molar-refractivity contribution is 0.270. The third-order valence-electron chi connectivity index (χ3n) is 3.49. The van der Waals surface area contributed by atoms with E-state index in [0.29, 0.717) is 12.1 Å². The van der Waals surface area contributed by atoms with Crippen LogP contribution in [-0.2, 0) is 6.42 Å². The molecule has 1 aliphatic heterocycles. The predicted molar refractivity (Wildman–Crippen MR) is 69.9 cm³/mol. The summed E-state index contributed by atoms with van der Waals surface area (Å²) >= 11 is 0. The first-order valence-electron chi connectivity index (χ1n) is 6.17. The van der Waals surface area contributed by atoms with Crippen LogP contribution in [0.15, 0.2) is 18.2 Å². The van der Waals surface area contributed by atoms with Crippen molar-refractivity contribution in [3.63, 3.8) is 0 Å². The number of nitrogens with zero attached hydrogens (tertiary/aromatic N) is 1. The van der Waals surface area contributed by atoms with E-state index in [9.17, 15) is 0 Å². The van der Waals surface area contributed by atoms with Gasteiger partial charge >= 0.3 is 0 Å². The van der Waals surface area contributed by atoms with Crippen molar-refractivity contribution in [3.8, 4) is 0 Å². The normalized spacial score (nSPS) is 24.1. The molecule has 0 aromatic heterocycles. The number of fused-ring (bicyclic) bond motifs is 1. The Balaban J connectivity index is 2.41. The fraction of sp³-hybridized carbons (Fsp3) is 0.571. The summed E-state index contributed by atoms with van der Waals surface area (Å²) < 4.78 is 0. The van der Waals surface area contributed by atoms with Crippen LogP contribution in [0.4, 0.5) is 5.69 Å². The number of hydrogen-bond acceptors (Lipinski definition) is 2. The third kappa shape index (κ3) is 2.07. The highest BCUT2D eigenvalue weighted by Gasteiger charge is 2.25. The molecule has 0 radical (unpaired) electrons. The van der Waals surface area contributed by atoms with Gasteiger partial charge in [0.2, 0.25) is 0 Å². The van der Waals surface area contributed by atoms with Crippen molar-refractivity contribution in [3.05, 3.63) is 29.3 Å². The lowest BCUT2D eigenvalue weighted by atomic mass is 9.91. The first kappa shape index (κ1) is 11.5. The Morgan fingerprint density at radius 3 is 2.75 bits per heavy atom. The van der Waals surface area contributed by atoms with Gasteiger partial charge in [-0.3, -0.25) is 0 Å². The number of aryl methyl sites for hydroxylation is 1. The Morgan fingerprint density at radius 2 is 2.12 bits per heavy atom. The van der Waals surface area contributed by atoms with Crippen LogP contribution >= 0.6 is 0 Å². The fourth-order valence-corrected chi connectivity index (χ4v) is 2.51. The second-order valence-corrected chi connectivity index (χ2v) is 5.04. The van der Waals surface area contributed by atoms with Crippen LogP contribution in [-0.4, -0.2) is 25.0 Å². The Hall–Kier alpha value is -1.02. The minimum atomic E-state index is 0.553. The van der Waals surface area contributed by atoms with Crippen molar-refractivity contribution in [2.24, 2.45) is 0 Å². The Labute approximate surface area is 98.7 Å². The highest BCUT2D eigenvalue weighted by atomic mass is 15.1. The van der Waals surface area contributed by atoms with E-state index >= 15 is 0 Å². The zero-order chi connectivity index (χ0) is 11.7. The van der Waals surface area contributed by atoms with Crippen molar-refractivity contribution in [1.82, 2.24) is 4.90 Å². The highest BCUT2D eigenvalue weighted by Crippen LogP contribution is 2.35.